The molecule has 2 N–H and O–H groups in total. The van der Waals surface area contributed by atoms with Crippen LogP contribution < -0.4 is 5.32 Å². The molecule has 150 valence electrons. The number of carboxylic acids is 1. The Kier molecular flexibility index (Phi) is 5.30. The van der Waals surface area contributed by atoms with Crippen LogP contribution in [0.2, 0.25) is 0 Å². The van der Waals surface area contributed by atoms with Crippen molar-refractivity contribution in [3.05, 3.63) is 82.6 Å². The zero-order valence-electron chi connectivity index (χ0n) is 15.7. The number of amides is 1. The van der Waals surface area contributed by atoms with E-state index in [-0.39, 0.29) is 30.2 Å². The zero-order chi connectivity index (χ0) is 20.5. The van der Waals surface area contributed by atoms with Crippen molar-refractivity contribution >= 4 is 23.7 Å². The molecule has 1 unspecified atom stereocenters. The van der Waals surface area contributed by atoms with E-state index < -0.39 is 12.1 Å². The lowest BCUT2D eigenvalue weighted by Gasteiger charge is -2.39. The molecule has 1 aromatic rings. The first-order chi connectivity index (χ1) is 14.0. The van der Waals surface area contributed by atoms with Crippen molar-refractivity contribution in [3.63, 3.8) is 0 Å². The van der Waals surface area contributed by atoms with Crippen molar-refractivity contribution in [1.29, 1.82) is 0 Å². The molecule has 1 saturated heterocycles. The van der Waals surface area contributed by atoms with Crippen LogP contribution in [0.5, 0.6) is 0 Å². The van der Waals surface area contributed by atoms with Gasteiger partial charge in [-0.2, -0.15) is 0 Å². The highest BCUT2D eigenvalue weighted by Crippen LogP contribution is 2.45. The summed E-state index contributed by atoms with van der Waals surface area (Å²) in [6.07, 6.45) is 7.62. The normalized spacial score (nSPS) is 25.2. The minimum Gasteiger partial charge on any atom is -0.478 e. The summed E-state index contributed by atoms with van der Waals surface area (Å²) in [6, 6.07) is 6.72. The van der Waals surface area contributed by atoms with E-state index in [0.29, 0.717) is 11.6 Å². The van der Waals surface area contributed by atoms with E-state index in [1.807, 2.05) is 30.4 Å². The van der Waals surface area contributed by atoms with Crippen LogP contribution in [0.1, 0.15) is 28.4 Å². The number of nitrogens with one attached hydrogen (secondary N) is 1. The SMILES string of the molecule is C=CCOC(=O)N1CC[C@H]2C1=C1C=C(Cl)C=CC1N[C@@H]2c1ccc(C(=O)O)cc1. The van der Waals surface area contributed by atoms with E-state index in [0.717, 1.165) is 23.3 Å². The summed E-state index contributed by atoms with van der Waals surface area (Å²) in [5.74, 6) is -0.913. The number of carboxylic acid groups (broad SMARTS) is 1. The first kappa shape index (κ1) is 19.5. The van der Waals surface area contributed by atoms with Gasteiger partial charge in [-0.25, -0.2) is 9.59 Å². The maximum atomic E-state index is 12.6. The number of benzene rings is 1. The number of likely N-dealkylation sites (tertiary alicyclic amines) is 1. The highest BCUT2D eigenvalue weighted by Gasteiger charge is 2.44. The molecule has 4 rings (SSSR count). The topological polar surface area (TPSA) is 78.9 Å². The summed E-state index contributed by atoms with van der Waals surface area (Å²) in [5.41, 5.74) is 3.10. The van der Waals surface area contributed by atoms with Crippen LogP contribution in [-0.2, 0) is 4.74 Å². The largest absolute Gasteiger partial charge is 0.478 e. The second-order valence-electron chi connectivity index (χ2n) is 7.19. The average Bonchev–Trinajstić information content (AvgIpc) is 3.17. The monoisotopic (exact) mass is 412 g/mol. The van der Waals surface area contributed by atoms with E-state index in [2.05, 4.69) is 11.9 Å². The van der Waals surface area contributed by atoms with Gasteiger partial charge in [0, 0.05) is 29.2 Å². The summed E-state index contributed by atoms with van der Waals surface area (Å²) in [4.78, 5) is 25.5. The molecule has 1 fully saturated rings. The fourth-order valence-corrected chi connectivity index (χ4v) is 4.44. The van der Waals surface area contributed by atoms with Gasteiger partial charge in [0.15, 0.2) is 0 Å². The van der Waals surface area contributed by atoms with Gasteiger partial charge in [-0.05, 0) is 41.8 Å². The van der Waals surface area contributed by atoms with E-state index in [4.69, 9.17) is 21.4 Å². The molecule has 0 bridgehead atoms. The third-order valence-electron chi connectivity index (χ3n) is 5.50. The van der Waals surface area contributed by atoms with Crippen molar-refractivity contribution in [2.45, 2.75) is 18.5 Å². The van der Waals surface area contributed by atoms with E-state index in [1.165, 1.54) is 0 Å². The molecule has 6 nitrogen and oxygen atoms in total. The van der Waals surface area contributed by atoms with Gasteiger partial charge in [-0.3, -0.25) is 10.2 Å². The Labute approximate surface area is 173 Å². The average molecular weight is 413 g/mol. The number of carbonyl (C=O) groups is 2. The minimum absolute atomic E-state index is 0.0421. The zero-order valence-corrected chi connectivity index (χ0v) is 16.4. The van der Waals surface area contributed by atoms with Crippen LogP contribution in [-0.4, -0.2) is 41.3 Å². The van der Waals surface area contributed by atoms with Crippen molar-refractivity contribution in [3.8, 4) is 0 Å². The van der Waals surface area contributed by atoms with Crippen molar-refractivity contribution in [1.82, 2.24) is 10.2 Å². The van der Waals surface area contributed by atoms with Gasteiger partial charge in [0.1, 0.15) is 6.61 Å². The standard InChI is InChI=1S/C22H21ClN2O4/c1-2-11-29-22(28)25-10-9-16-19(13-3-5-14(6-4-13)21(26)27)24-18-8-7-15(23)12-17(18)20(16)25/h2-8,12,16,18-19,24H,1,9-11H2,(H,26,27)/t16-,18?,19-/m1/s1. The number of carbonyl (C=O) groups excluding carboxylic acids is 1. The Bertz CT molecular complexity index is 948. The number of aromatic carboxylic acids is 1. The van der Waals surface area contributed by atoms with Gasteiger partial charge in [0.25, 0.3) is 0 Å². The molecule has 0 radical (unpaired) electrons. The lowest BCUT2D eigenvalue weighted by molar-refractivity contribution is 0.0696. The van der Waals surface area contributed by atoms with Crippen LogP contribution >= 0.6 is 11.6 Å². The third kappa shape index (κ3) is 3.61. The van der Waals surface area contributed by atoms with Crippen LogP contribution in [0.4, 0.5) is 4.79 Å². The predicted octanol–water partition coefficient (Wildman–Crippen LogP) is 3.99. The summed E-state index contributed by atoms with van der Waals surface area (Å²) in [7, 11) is 0. The summed E-state index contributed by atoms with van der Waals surface area (Å²) < 4.78 is 5.29. The third-order valence-corrected chi connectivity index (χ3v) is 5.74. The Morgan fingerprint density at radius 2 is 2.10 bits per heavy atom. The van der Waals surface area contributed by atoms with Gasteiger partial charge < -0.3 is 9.84 Å². The number of fused-ring (bicyclic) bond motifs is 2. The van der Waals surface area contributed by atoms with Gasteiger partial charge in [-0.1, -0.05) is 42.5 Å². The molecule has 1 amide bonds. The molecular formula is C22H21ClN2O4. The predicted molar refractivity (Wildman–Crippen MR) is 110 cm³/mol. The minimum atomic E-state index is -0.956. The number of halogens is 1. The molecular weight excluding hydrogens is 392 g/mol. The molecule has 2 aliphatic heterocycles. The summed E-state index contributed by atoms with van der Waals surface area (Å²) >= 11 is 6.25. The second kappa shape index (κ2) is 7.89. The van der Waals surface area contributed by atoms with Crippen molar-refractivity contribution in [2.24, 2.45) is 5.92 Å². The van der Waals surface area contributed by atoms with Crippen LogP contribution in [0.25, 0.3) is 0 Å². The molecule has 0 aromatic heterocycles. The maximum absolute atomic E-state index is 12.6. The van der Waals surface area contributed by atoms with Gasteiger partial charge in [0.05, 0.1) is 11.6 Å². The fourth-order valence-electron chi connectivity index (χ4n) is 4.25. The number of hydrogen-bond donors (Lipinski definition) is 2. The Morgan fingerprint density at radius 3 is 2.79 bits per heavy atom. The van der Waals surface area contributed by atoms with Crippen LogP contribution in [0.15, 0.2) is 71.5 Å². The first-order valence-electron chi connectivity index (χ1n) is 9.43. The molecule has 1 aromatic carbocycles. The highest BCUT2D eigenvalue weighted by molar-refractivity contribution is 6.31. The Morgan fingerprint density at radius 1 is 1.34 bits per heavy atom. The van der Waals surface area contributed by atoms with Gasteiger partial charge >= 0.3 is 12.1 Å². The number of nitrogens with zero attached hydrogens (tertiary/aromatic N) is 1. The first-order valence-corrected chi connectivity index (χ1v) is 9.81. The molecule has 7 heteroatoms. The Balaban J connectivity index is 1.72. The lowest BCUT2D eigenvalue weighted by Crippen LogP contribution is -2.44. The maximum Gasteiger partial charge on any atom is 0.414 e. The number of rotatable bonds is 4. The van der Waals surface area contributed by atoms with Crippen LogP contribution in [0.3, 0.4) is 0 Å². The van der Waals surface area contributed by atoms with E-state index in [1.54, 1.807) is 23.1 Å². The molecule has 3 aliphatic rings. The molecule has 0 spiro atoms. The fraction of sp³-hybridized carbons (Fsp3) is 0.273. The second-order valence-corrected chi connectivity index (χ2v) is 7.63. The number of hydrogen-bond acceptors (Lipinski definition) is 4. The summed E-state index contributed by atoms with van der Waals surface area (Å²) in [6.45, 7) is 4.29. The van der Waals surface area contributed by atoms with Gasteiger partial charge in [-0.15, -0.1) is 0 Å². The summed E-state index contributed by atoms with van der Waals surface area (Å²) in [5, 5.41) is 13.4. The van der Waals surface area contributed by atoms with Gasteiger partial charge in [0.2, 0.25) is 0 Å². The van der Waals surface area contributed by atoms with Crippen molar-refractivity contribution in [2.75, 3.05) is 13.2 Å². The lowest BCUT2D eigenvalue weighted by atomic mass is 9.81. The molecule has 1 aliphatic carbocycles. The highest BCUT2D eigenvalue weighted by atomic mass is 35.5. The molecule has 29 heavy (non-hydrogen) atoms. The van der Waals surface area contributed by atoms with E-state index in [9.17, 15) is 9.59 Å². The molecule has 2 heterocycles. The van der Waals surface area contributed by atoms with Crippen molar-refractivity contribution < 1.29 is 19.4 Å². The van der Waals surface area contributed by atoms with Crippen LogP contribution in [0, 0.1) is 5.92 Å². The number of allylic oxidation sites excluding steroid dienone is 2. The Hall–Kier alpha value is -2.83. The quantitative estimate of drug-likeness (QED) is 0.731. The molecule has 3 atom stereocenters. The number of ether oxygens (including phenoxy) is 1. The van der Waals surface area contributed by atoms with E-state index >= 15 is 0 Å². The smallest absolute Gasteiger partial charge is 0.414 e. The molecule has 0 saturated carbocycles.